The van der Waals surface area contributed by atoms with Crippen molar-refractivity contribution in [3.8, 4) is 5.75 Å². The molecule has 5 rings (SSSR count). The number of aliphatic carboxylic acids is 1. The van der Waals surface area contributed by atoms with E-state index in [0.717, 1.165) is 25.0 Å². The summed E-state index contributed by atoms with van der Waals surface area (Å²) in [6.45, 7) is 5.99. The maximum atomic E-state index is 14.1. The highest BCUT2D eigenvalue weighted by Gasteiger charge is 2.42. The molecule has 0 spiro atoms. The molecule has 2 fully saturated rings. The van der Waals surface area contributed by atoms with Gasteiger partial charge in [0.05, 0.1) is 56.8 Å². The van der Waals surface area contributed by atoms with Crippen molar-refractivity contribution in [3.05, 3.63) is 41.7 Å². The number of aryl methyl sites for hydroxylation is 1. The van der Waals surface area contributed by atoms with Crippen LogP contribution in [0.1, 0.15) is 115 Å². The quantitative estimate of drug-likeness (QED) is 0.0305. The summed E-state index contributed by atoms with van der Waals surface area (Å²) in [6.07, 6.45) is 6.75. The molecule has 2 bridgehead atoms. The maximum Gasteiger partial charge on any atom is 0.315 e. The van der Waals surface area contributed by atoms with E-state index in [0.29, 0.717) is 114 Å². The van der Waals surface area contributed by atoms with E-state index in [1.54, 1.807) is 24.7 Å². The van der Waals surface area contributed by atoms with Gasteiger partial charge in [-0.15, -0.1) is 5.10 Å². The van der Waals surface area contributed by atoms with Gasteiger partial charge < -0.3 is 89.1 Å². The number of carboxylic acids is 1. The number of fused-ring (bicyclic) bond motifs is 3. The molecule has 0 aliphatic carbocycles. The van der Waals surface area contributed by atoms with E-state index in [-0.39, 0.29) is 68.6 Å². The van der Waals surface area contributed by atoms with E-state index in [1.807, 2.05) is 11.8 Å². The normalized spacial score (nSPS) is 23.5. The Kier molecular flexibility index (Phi) is 32.4. The number of thioether (sulfide) groups is 1. The van der Waals surface area contributed by atoms with Crippen LogP contribution in [0.15, 0.2) is 30.5 Å². The monoisotopic (exact) mass is 1270 g/mol. The summed E-state index contributed by atoms with van der Waals surface area (Å²) in [5.41, 5.74) is 13.0. The topological polar surface area (TPSA) is 442 Å². The lowest BCUT2D eigenvalue weighted by Crippen LogP contribution is -2.59. The van der Waals surface area contributed by atoms with Gasteiger partial charge in [0.2, 0.25) is 47.3 Å². The third-order valence-corrected chi connectivity index (χ3v) is 16.6. The number of carboxylic acid groups (broad SMARTS) is 1. The summed E-state index contributed by atoms with van der Waals surface area (Å²) in [4.78, 5) is 132. The van der Waals surface area contributed by atoms with E-state index in [4.69, 9.17) is 25.7 Å². The highest BCUT2D eigenvalue weighted by molar-refractivity contribution is 8.00. The Morgan fingerprint density at radius 2 is 1.38 bits per heavy atom. The summed E-state index contributed by atoms with van der Waals surface area (Å²) in [7, 11) is 0. The fraction of sp³-hybridized carbons (Fsp3) is 0.690. The number of hydrogen-bond acceptors (Lipinski definition) is 19. The molecule has 3 aliphatic rings. The zero-order chi connectivity index (χ0) is 64.5. The van der Waals surface area contributed by atoms with Crippen molar-refractivity contribution in [2.24, 2.45) is 17.4 Å². The molecule has 496 valence electrons. The lowest BCUT2D eigenvalue weighted by Gasteiger charge is -2.27. The standard InChI is InChI=1S/C58H93N15O15S/c1-36(2)50-57(84)66-41(53(80)62-23-10-26-87-28-30-88-29-27-86-25-9-22-61-47(75)14-4-3-13-46-51-45(35-89-46)68-58(85)70-51)12-6-8-24-73-34-38(71-72-73)32-40(60)52(79)65-42(11-5-7-21-59)55(82)67-44(31-37-15-17-39(74)18-16-37)54(81)63-33-48(76)64-43(56(83)69-50)19-20-49(77)78/h15-18,34,36,40-46,50-51,74H,3-14,19-33,35,59-60H2,1-2H3,(H,61,75)(H,62,80)(H,63,81)(H,64,76)(H,65,79)(H,66,84)(H,67,82)(H,69,83)(H,77,78)(H2,68,70,85)/t40-,41-,42-,43-,44-,45+,46?,50-,51+/m0/s1. The Bertz CT molecular complexity index is 2600. The minimum Gasteiger partial charge on any atom is -0.508 e. The van der Waals surface area contributed by atoms with E-state index in [2.05, 4.69) is 63.5 Å². The molecule has 2 saturated heterocycles. The van der Waals surface area contributed by atoms with Gasteiger partial charge in [0.25, 0.3) is 0 Å². The molecule has 30 nitrogen and oxygen atoms in total. The van der Waals surface area contributed by atoms with Crippen LogP contribution in [-0.4, -0.2) is 210 Å². The lowest BCUT2D eigenvalue weighted by molar-refractivity contribution is -0.138. The number of nitrogens with two attached hydrogens (primary N) is 2. The number of phenolic OH excluding ortho intramolecular Hbond substituents is 1. The number of rotatable bonds is 30. The van der Waals surface area contributed by atoms with Crippen LogP contribution < -0.4 is 64.6 Å². The first-order valence-corrected chi connectivity index (χ1v) is 31.9. The number of nitrogens with zero attached hydrogens (tertiary/aromatic N) is 3. The maximum absolute atomic E-state index is 14.1. The van der Waals surface area contributed by atoms with Gasteiger partial charge in [0.1, 0.15) is 36.0 Å². The number of urea groups is 1. The predicted octanol–water partition coefficient (Wildman–Crippen LogP) is -1.74. The summed E-state index contributed by atoms with van der Waals surface area (Å²) in [5, 5.41) is 55.6. The van der Waals surface area contributed by atoms with E-state index in [1.165, 1.54) is 24.3 Å². The third-order valence-electron chi connectivity index (χ3n) is 15.0. The number of aromatic nitrogens is 3. The number of nitrogens with one attached hydrogen (secondary N) is 10. The highest BCUT2D eigenvalue weighted by Crippen LogP contribution is 2.33. The fourth-order valence-corrected chi connectivity index (χ4v) is 11.6. The van der Waals surface area contributed by atoms with Crippen LogP contribution in [0.25, 0.3) is 0 Å². The second-order valence-corrected chi connectivity index (χ2v) is 23.9. The Balaban J connectivity index is 1.12. The van der Waals surface area contributed by atoms with Crippen molar-refractivity contribution in [2.45, 2.75) is 177 Å². The molecule has 31 heteroatoms. The number of amides is 10. The lowest BCUT2D eigenvalue weighted by atomic mass is 10.0. The molecule has 4 heterocycles. The molecule has 3 aliphatic heterocycles. The number of unbranched alkanes of at least 4 members (excludes halogenated alkanes) is 2. The van der Waals surface area contributed by atoms with E-state index < -0.39 is 109 Å². The summed E-state index contributed by atoms with van der Waals surface area (Å²) >= 11 is 1.87. The highest BCUT2D eigenvalue weighted by atomic mass is 32.2. The molecule has 0 saturated carbocycles. The molecule has 10 amide bonds. The Hall–Kier alpha value is -7.19. The van der Waals surface area contributed by atoms with Gasteiger partial charge in [-0.1, -0.05) is 37.6 Å². The molecular weight excluding hydrogens is 1180 g/mol. The zero-order valence-corrected chi connectivity index (χ0v) is 51.9. The van der Waals surface area contributed by atoms with Crippen LogP contribution in [0.4, 0.5) is 4.79 Å². The zero-order valence-electron chi connectivity index (χ0n) is 51.1. The Morgan fingerprint density at radius 1 is 0.719 bits per heavy atom. The fourth-order valence-electron chi connectivity index (χ4n) is 10.1. The molecule has 2 aromatic rings. The molecule has 9 atom stereocenters. The minimum atomic E-state index is -1.51. The van der Waals surface area contributed by atoms with Crippen LogP contribution in [0.3, 0.4) is 0 Å². The largest absolute Gasteiger partial charge is 0.508 e. The number of benzene rings is 1. The van der Waals surface area contributed by atoms with Crippen molar-refractivity contribution >= 4 is 71.0 Å². The Morgan fingerprint density at radius 3 is 2.08 bits per heavy atom. The molecule has 1 aromatic heterocycles. The first kappa shape index (κ1) is 72.6. The smallest absolute Gasteiger partial charge is 0.315 e. The second kappa shape index (κ2) is 39.7. The van der Waals surface area contributed by atoms with Crippen LogP contribution in [0.2, 0.25) is 0 Å². The van der Waals surface area contributed by atoms with Gasteiger partial charge in [-0.3, -0.25) is 47.8 Å². The van der Waals surface area contributed by atoms with Gasteiger partial charge >= 0.3 is 12.0 Å². The van der Waals surface area contributed by atoms with Crippen LogP contribution in [0, 0.1) is 5.92 Å². The Labute approximate surface area is 522 Å². The van der Waals surface area contributed by atoms with Crippen molar-refractivity contribution < 1.29 is 72.4 Å². The van der Waals surface area contributed by atoms with E-state index in [9.17, 15) is 58.2 Å². The minimum absolute atomic E-state index is 0.0119. The van der Waals surface area contributed by atoms with Crippen molar-refractivity contribution in [2.75, 3.05) is 71.6 Å². The average molecular weight is 1270 g/mol. The van der Waals surface area contributed by atoms with Crippen LogP contribution in [-0.2, 0) is 76.7 Å². The van der Waals surface area contributed by atoms with Gasteiger partial charge in [-0.05, 0) is 101 Å². The number of hydrogen-bond donors (Lipinski definition) is 14. The molecule has 1 unspecified atom stereocenters. The first-order chi connectivity index (χ1) is 42.8. The molecule has 89 heavy (non-hydrogen) atoms. The third kappa shape index (κ3) is 27.2. The molecule has 16 N–H and O–H groups in total. The van der Waals surface area contributed by atoms with Gasteiger partial charge in [-0.2, -0.15) is 11.8 Å². The summed E-state index contributed by atoms with van der Waals surface area (Å²) in [5.74, 6) is -6.29. The number of ether oxygens (including phenoxy) is 3. The number of aromatic hydroxyl groups is 1. The average Bonchev–Trinajstić information content (AvgIpc) is 2.31. The van der Waals surface area contributed by atoms with Crippen LogP contribution in [0.5, 0.6) is 5.75 Å². The van der Waals surface area contributed by atoms with Gasteiger partial charge in [0, 0.05) is 75.7 Å². The predicted molar refractivity (Wildman–Crippen MR) is 326 cm³/mol. The SMILES string of the molecule is CC(C)[C@@H]1NC(=O)[C@H](CCC(=O)O)NC(=O)CNC(=O)[C@H](Cc2ccc(O)cc2)NC(=O)[C@H](CCCCN)NC(=O)[C@@H](N)Cc2cn(nn2)CCCC[C@@H](C(=O)NCCCOCCOCCOCCCNC(=O)CCCCC2SC[C@H]3NC(=O)N[C@@H]23)NC1=O. The van der Waals surface area contributed by atoms with Crippen LogP contribution >= 0.6 is 11.8 Å². The van der Waals surface area contributed by atoms with Crippen molar-refractivity contribution in [3.63, 3.8) is 0 Å². The first-order valence-electron chi connectivity index (χ1n) is 30.9. The number of carbonyl (C=O) groups is 10. The number of phenols is 1. The van der Waals surface area contributed by atoms with Crippen molar-refractivity contribution in [1.29, 1.82) is 0 Å². The molecule has 1 aromatic carbocycles. The summed E-state index contributed by atoms with van der Waals surface area (Å²) in [6, 6.07) is -1.47. The van der Waals surface area contributed by atoms with Crippen molar-refractivity contribution in [1.82, 2.24) is 68.2 Å². The summed E-state index contributed by atoms with van der Waals surface area (Å²) < 4.78 is 18.5. The second-order valence-electron chi connectivity index (χ2n) is 22.7. The van der Waals surface area contributed by atoms with Gasteiger partial charge in [-0.25, -0.2) is 4.79 Å². The molecular formula is C58H93N15O15S. The molecule has 0 radical (unpaired) electrons. The number of carbonyl (C=O) groups excluding carboxylic acids is 9. The van der Waals surface area contributed by atoms with E-state index >= 15 is 0 Å². The van der Waals surface area contributed by atoms with Gasteiger partial charge in [0.15, 0.2) is 0 Å².